The molecule has 0 bridgehead atoms. The number of ether oxygens (including phenoxy) is 2. The van der Waals surface area contributed by atoms with Crippen molar-refractivity contribution in [2.45, 2.75) is 39.6 Å². The van der Waals surface area contributed by atoms with Gasteiger partial charge >= 0.3 is 11.9 Å². The van der Waals surface area contributed by atoms with Crippen LogP contribution in [0.15, 0.2) is 24.3 Å². The number of esters is 2. The minimum atomic E-state index is -2.56. The van der Waals surface area contributed by atoms with Crippen LogP contribution in [0.2, 0.25) is 0 Å². The highest BCUT2D eigenvalue weighted by atomic mass is 16.5. The van der Waals surface area contributed by atoms with E-state index in [1.807, 2.05) is 0 Å². The van der Waals surface area contributed by atoms with E-state index < -0.39 is 31.3 Å². The Bertz CT molecular complexity index is 525. The van der Waals surface area contributed by atoms with Crippen molar-refractivity contribution in [3.05, 3.63) is 29.8 Å². The molecule has 0 radical (unpaired) electrons. The Morgan fingerprint density at radius 1 is 1.28 bits per heavy atom. The molecule has 0 heterocycles. The molecular weight excluding hydrogens is 232 g/mol. The first-order valence-electron chi connectivity index (χ1n) is 7.54. The van der Waals surface area contributed by atoms with Crippen LogP contribution < -0.4 is 4.74 Å². The largest absolute Gasteiger partial charge is 0.463 e. The standard InChI is InChI=1S/C14H18O4/c1-10(17-11(2)15)4-5-13-6-8-14(9-7-13)18-12(3)16/h6-10H,4-5H2,1-3H3/t10-/m0/s1/i1D3,4D/t4-,10-. The quantitative estimate of drug-likeness (QED) is 0.598. The molecule has 0 amide bonds. The van der Waals surface area contributed by atoms with Gasteiger partial charge in [-0.15, -0.1) is 0 Å². The van der Waals surface area contributed by atoms with Crippen molar-refractivity contribution in [2.24, 2.45) is 0 Å². The predicted octanol–water partition coefficient (Wildman–Crippen LogP) is 2.50. The summed E-state index contributed by atoms with van der Waals surface area (Å²) < 4.78 is 39.7. The third kappa shape index (κ3) is 5.48. The van der Waals surface area contributed by atoms with E-state index in [1.54, 1.807) is 24.3 Å². The minimum absolute atomic E-state index is 0.0939. The molecular formula is C14H18O4. The third-order valence-electron chi connectivity index (χ3n) is 2.05. The summed E-state index contributed by atoms with van der Waals surface area (Å²) in [5.41, 5.74) is 0.678. The number of hydrogen-bond donors (Lipinski definition) is 0. The molecule has 0 spiro atoms. The first-order valence-corrected chi connectivity index (χ1v) is 5.46. The van der Waals surface area contributed by atoms with Crippen molar-refractivity contribution < 1.29 is 24.5 Å². The van der Waals surface area contributed by atoms with Gasteiger partial charge in [0, 0.05) is 19.3 Å². The van der Waals surface area contributed by atoms with E-state index in [1.165, 1.54) is 6.92 Å². The lowest BCUT2D eigenvalue weighted by molar-refractivity contribution is -0.145. The second kappa shape index (κ2) is 6.79. The minimum Gasteiger partial charge on any atom is -0.463 e. The van der Waals surface area contributed by atoms with Crippen LogP contribution in [0, 0.1) is 0 Å². The zero-order chi connectivity index (χ0) is 16.9. The second-order valence-corrected chi connectivity index (χ2v) is 3.71. The summed E-state index contributed by atoms with van der Waals surface area (Å²) in [7, 11) is 0. The molecule has 2 atom stereocenters. The number of carbonyl (C=O) groups excluding carboxylic acids is 2. The molecule has 1 aromatic rings. The first-order chi connectivity index (χ1) is 10.1. The van der Waals surface area contributed by atoms with Gasteiger partial charge in [0.2, 0.25) is 0 Å². The Balaban J connectivity index is 2.78. The monoisotopic (exact) mass is 254 g/mol. The summed E-state index contributed by atoms with van der Waals surface area (Å²) in [4.78, 5) is 21.8. The maximum atomic E-state index is 11.0. The van der Waals surface area contributed by atoms with Crippen LogP contribution >= 0.6 is 0 Å². The second-order valence-electron chi connectivity index (χ2n) is 3.71. The summed E-state index contributed by atoms with van der Waals surface area (Å²) in [5.74, 6) is -0.808. The lowest BCUT2D eigenvalue weighted by Gasteiger charge is -2.11. The van der Waals surface area contributed by atoms with Crippen molar-refractivity contribution in [2.75, 3.05) is 0 Å². The smallest absolute Gasteiger partial charge is 0.308 e. The Morgan fingerprint density at radius 2 is 1.94 bits per heavy atom. The zero-order valence-electron chi connectivity index (χ0n) is 14.3. The molecule has 0 fully saturated rings. The SMILES string of the molecule is [2H][C@@H](Cc1ccc(OC(C)=O)cc1)[C@@H](OC(C)=O)C([2H])([2H])[2H]. The highest BCUT2D eigenvalue weighted by Gasteiger charge is 2.06. The summed E-state index contributed by atoms with van der Waals surface area (Å²) in [6, 6.07) is 6.37. The topological polar surface area (TPSA) is 52.6 Å². The van der Waals surface area contributed by atoms with E-state index in [4.69, 9.17) is 15.0 Å². The van der Waals surface area contributed by atoms with Crippen molar-refractivity contribution in [1.29, 1.82) is 0 Å². The molecule has 98 valence electrons. The Labute approximate surface area is 113 Å². The van der Waals surface area contributed by atoms with Crippen molar-refractivity contribution in [3.63, 3.8) is 0 Å². The Morgan fingerprint density at radius 3 is 2.44 bits per heavy atom. The molecule has 0 saturated carbocycles. The van der Waals surface area contributed by atoms with E-state index in [9.17, 15) is 9.59 Å². The maximum absolute atomic E-state index is 11.0. The fraction of sp³-hybridized carbons (Fsp3) is 0.429. The number of benzene rings is 1. The lowest BCUT2D eigenvalue weighted by atomic mass is 10.1. The molecule has 0 saturated heterocycles. The number of carbonyl (C=O) groups is 2. The van der Waals surface area contributed by atoms with Gasteiger partial charge in [-0.2, -0.15) is 0 Å². The molecule has 0 aliphatic rings. The van der Waals surface area contributed by atoms with Gasteiger partial charge in [0.15, 0.2) is 0 Å². The highest BCUT2D eigenvalue weighted by Crippen LogP contribution is 2.14. The molecule has 1 rings (SSSR count). The van der Waals surface area contributed by atoms with E-state index in [0.717, 1.165) is 6.92 Å². The van der Waals surface area contributed by atoms with Gasteiger partial charge < -0.3 is 9.47 Å². The fourth-order valence-electron chi connectivity index (χ4n) is 1.33. The molecule has 1 aromatic carbocycles. The van der Waals surface area contributed by atoms with Crippen LogP contribution in [0.1, 0.15) is 38.1 Å². The predicted molar refractivity (Wildman–Crippen MR) is 67.3 cm³/mol. The third-order valence-corrected chi connectivity index (χ3v) is 2.05. The summed E-state index contributed by atoms with van der Waals surface area (Å²) in [6.07, 6.45) is -2.52. The van der Waals surface area contributed by atoms with Crippen molar-refractivity contribution in [1.82, 2.24) is 0 Å². The number of hydrogen-bond acceptors (Lipinski definition) is 4. The van der Waals surface area contributed by atoms with Crippen LogP contribution in [-0.2, 0) is 20.7 Å². The Kier molecular flexibility index (Phi) is 3.45. The van der Waals surface area contributed by atoms with Crippen LogP contribution in [0.3, 0.4) is 0 Å². The molecule has 0 N–H and O–H groups in total. The maximum Gasteiger partial charge on any atom is 0.308 e. The van der Waals surface area contributed by atoms with Gasteiger partial charge in [-0.1, -0.05) is 12.1 Å². The van der Waals surface area contributed by atoms with Gasteiger partial charge in [0.05, 0.1) is 6.10 Å². The number of aryl methyl sites for hydroxylation is 1. The van der Waals surface area contributed by atoms with Crippen LogP contribution in [0.5, 0.6) is 5.75 Å². The molecule has 0 aliphatic heterocycles. The van der Waals surface area contributed by atoms with E-state index in [0.29, 0.717) is 11.3 Å². The molecule has 18 heavy (non-hydrogen) atoms. The molecule has 4 nitrogen and oxygen atoms in total. The molecule has 0 unspecified atom stereocenters. The molecule has 0 aliphatic carbocycles. The number of rotatable bonds is 5. The van der Waals surface area contributed by atoms with E-state index in [-0.39, 0.29) is 6.42 Å². The highest BCUT2D eigenvalue weighted by molar-refractivity contribution is 5.69. The normalized spacial score (nSPS) is 17.4. The average molecular weight is 254 g/mol. The van der Waals surface area contributed by atoms with Gasteiger partial charge in [0.1, 0.15) is 5.75 Å². The van der Waals surface area contributed by atoms with Crippen LogP contribution in [0.25, 0.3) is 0 Å². The van der Waals surface area contributed by atoms with E-state index >= 15 is 0 Å². The summed E-state index contributed by atoms with van der Waals surface area (Å²) >= 11 is 0. The summed E-state index contributed by atoms with van der Waals surface area (Å²) in [6.45, 7) is -0.164. The molecule has 4 heteroatoms. The lowest BCUT2D eigenvalue weighted by Crippen LogP contribution is -2.12. The zero-order valence-corrected chi connectivity index (χ0v) is 10.3. The summed E-state index contributed by atoms with van der Waals surface area (Å²) in [5, 5.41) is 0. The van der Waals surface area contributed by atoms with Crippen LogP contribution in [-0.4, -0.2) is 18.0 Å². The van der Waals surface area contributed by atoms with Gasteiger partial charge in [-0.25, -0.2) is 0 Å². The average Bonchev–Trinajstić information content (AvgIpc) is 2.36. The van der Waals surface area contributed by atoms with E-state index in [2.05, 4.69) is 0 Å². The van der Waals surface area contributed by atoms with Crippen molar-refractivity contribution in [3.8, 4) is 5.75 Å². The first kappa shape index (κ1) is 9.14. The molecule has 0 aromatic heterocycles. The Hall–Kier alpha value is -1.84. The van der Waals surface area contributed by atoms with Gasteiger partial charge in [-0.3, -0.25) is 9.59 Å². The van der Waals surface area contributed by atoms with Crippen molar-refractivity contribution >= 4 is 11.9 Å². The fourth-order valence-corrected chi connectivity index (χ4v) is 1.33. The van der Waals surface area contributed by atoms with Gasteiger partial charge in [0.25, 0.3) is 0 Å². The van der Waals surface area contributed by atoms with Gasteiger partial charge in [-0.05, 0) is 37.4 Å². The van der Waals surface area contributed by atoms with Crippen LogP contribution in [0.4, 0.5) is 0 Å².